The molecule has 0 aliphatic heterocycles. The Morgan fingerprint density at radius 2 is 2.00 bits per heavy atom. The molecule has 1 atom stereocenters. The summed E-state index contributed by atoms with van der Waals surface area (Å²) in [7, 11) is 0. The topological polar surface area (TPSA) is 75.6 Å². The number of aliphatic carboxylic acids is 1. The third kappa shape index (κ3) is 8.23. The Morgan fingerprint density at radius 3 is 2.40 bits per heavy atom. The van der Waals surface area contributed by atoms with Gasteiger partial charge in [-0.2, -0.15) is 0 Å². The molecule has 0 fully saturated rings. The van der Waals surface area contributed by atoms with Gasteiger partial charge in [-0.1, -0.05) is 15.9 Å². The molecule has 0 heterocycles. The van der Waals surface area contributed by atoms with E-state index in [2.05, 4.69) is 21.2 Å². The molecule has 0 aromatic heterocycles. The summed E-state index contributed by atoms with van der Waals surface area (Å²) in [6, 6.07) is 0. The monoisotopic (exact) mass is 281 g/mol. The van der Waals surface area contributed by atoms with Crippen molar-refractivity contribution >= 4 is 28.0 Å². The van der Waals surface area contributed by atoms with Crippen LogP contribution in [0.3, 0.4) is 0 Å². The number of alkyl carbamates (subject to hydrolysis) is 1. The number of amides is 1. The molecule has 1 amide bonds. The summed E-state index contributed by atoms with van der Waals surface area (Å²) in [4.78, 5) is 20.9. The van der Waals surface area contributed by atoms with Crippen LogP contribution in [0.2, 0.25) is 0 Å². The number of halogens is 1. The number of hydrogen-bond donors (Lipinski definition) is 2. The number of hydrogen-bond acceptors (Lipinski definition) is 3. The van der Waals surface area contributed by atoms with Gasteiger partial charge in [-0.3, -0.25) is 4.79 Å². The molecule has 2 N–H and O–H groups in total. The van der Waals surface area contributed by atoms with Crippen molar-refractivity contribution in [2.45, 2.75) is 37.6 Å². The molecule has 0 saturated carbocycles. The second-order valence-corrected chi connectivity index (χ2v) is 5.13. The minimum absolute atomic E-state index is 0.261. The van der Waals surface area contributed by atoms with Crippen molar-refractivity contribution in [3.05, 3.63) is 0 Å². The maximum atomic E-state index is 11.1. The van der Waals surface area contributed by atoms with Gasteiger partial charge < -0.3 is 15.2 Å². The van der Waals surface area contributed by atoms with E-state index >= 15 is 0 Å². The third-order valence-corrected chi connectivity index (χ3v) is 2.18. The van der Waals surface area contributed by atoms with Crippen LogP contribution in [0, 0.1) is 0 Å². The highest BCUT2D eigenvalue weighted by Gasteiger charge is 2.17. The lowest BCUT2D eigenvalue weighted by Crippen LogP contribution is -2.34. The summed E-state index contributed by atoms with van der Waals surface area (Å²) >= 11 is 2.96. The first-order chi connectivity index (χ1) is 6.72. The molecular weight excluding hydrogens is 266 g/mol. The van der Waals surface area contributed by atoms with Crippen molar-refractivity contribution in [3.8, 4) is 0 Å². The minimum atomic E-state index is -0.944. The van der Waals surface area contributed by atoms with Gasteiger partial charge in [-0.15, -0.1) is 0 Å². The quantitative estimate of drug-likeness (QED) is 0.770. The van der Waals surface area contributed by atoms with E-state index in [1.807, 2.05) is 0 Å². The van der Waals surface area contributed by atoms with Gasteiger partial charge in [0.2, 0.25) is 0 Å². The Labute approximate surface area is 97.3 Å². The van der Waals surface area contributed by atoms with Crippen LogP contribution in [-0.2, 0) is 9.53 Å². The van der Waals surface area contributed by atoms with Crippen LogP contribution in [-0.4, -0.2) is 34.1 Å². The molecule has 0 aromatic carbocycles. The molecule has 0 aliphatic rings. The number of carbonyl (C=O) groups is 2. The van der Waals surface area contributed by atoms with E-state index in [0.717, 1.165) is 0 Å². The summed E-state index contributed by atoms with van der Waals surface area (Å²) in [5.74, 6) is -0.944. The van der Waals surface area contributed by atoms with Crippen molar-refractivity contribution in [2.75, 3.05) is 6.54 Å². The molecule has 6 heteroatoms. The second-order valence-electron chi connectivity index (χ2n) is 4.02. The number of nitrogens with one attached hydrogen (secondary N) is 1. The van der Waals surface area contributed by atoms with Crippen molar-refractivity contribution in [2.24, 2.45) is 0 Å². The first-order valence-electron chi connectivity index (χ1n) is 4.56. The van der Waals surface area contributed by atoms with Gasteiger partial charge in [0.15, 0.2) is 0 Å². The van der Waals surface area contributed by atoms with Gasteiger partial charge >= 0.3 is 12.1 Å². The Morgan fingerprint density at radius 1 is 1.47 bits per heavy atom. The van der Waals surface area contributed by atoms with E-state index < -0.39 is 22.5 Å². The second kappa shape index (κ2) is 5.95. The molecule has 0 radical (unpaired) electrons. The number of alkyl halides is 1. The van der Waals surface area contributed by atoms with Gasteiger partial charge in [0.05, 0.1) is 0 Å². The van der Waals surface area contributed by atoms with E-state index in [1.165, 1.54) is 0 Å². The van der Waals surface area contributed by atoms with Gasteiger partial charge in [0.1, 0.15) is 10.4 Å². The largest absolute Gasteiger partial charge is 0.480 e. The average Bonchev–Trinajstić information content (AvgIpc) is 2.00. The van der Waals surface area contributed by atoms with Crippen LogP contribution < -0.4 is 5.32 Å². The van der Waals surface area contributed by atoms with E-state index in [-0.39, 0.29) is 6.54 Å². The molecule has 0 bridgehead atoms. The highest BCUT2D eigenvalue weighted by molar-refractivity contribution is 9.10. The van der Waals surface area contributed by atoms with Crippen LogP contribution in [0.15, 0.2) is 0 Å². The molecule has 0 saturated heterocycles. The standard InChI is InChI=1S/C9H16BrNO4/c1-9(2,3)15-8(14)11-5-4-6(10)7(12)13/h6H,4-5H2,1-3H3,(H,11,14)(H,12,13). The number of carboxylic acids is 1. The molecule has 5 nitrogen and oxygen atoms in total. The van der Waals surface area contributed by atoms with Gasteiger partial charge in [0, 0.05) is 6.54 Å². The predicted molar refractivity (Wildman–Crippen MR) is 59.2 cm³/mol. The molecule has 1 unspecified atom stereocenters. The highest BCUT2D eigenvalue weighted by Crippen LogP contribution is 2.07. The molecule has 0 spiro atoms. The van der Waals surface area contributed by atoms with Crippen molar-refractivity contribution in [3.63, 3.8) is 0 Å². The van der Waals surface area contributed by atoms with Crippen LogP contribution in [0.4, 0.5) is 4.79 Å². The predicted octanol–water partition coefficient (Wildman–Crippen LogP) is 1.75. The first kappa shape index (κ1) is 14.2. The van der Waals surface area contributed by atoms with Crippen molar-refractivity contribution < 1.29 is 19.4 Å². The average molecular weight is 282 g/mol. The van der Waals surface area contributed by atoms with E-state index in [9.17, 15) is 9.59 Å². The van der Waals surface area contributed by atoms with E-state index in [1.54, 1.807) is 20.8 Å². The highest BCUT2D eigenvalue weighted by atomic mass is 79.9. The van der Waals surface area contributed by atoms with E-state index in [0.29, 0.717) is 6.42 Å². The normalized spacial score (nSPS) is 13.1. The zero-order valence-corrected chi connectivity index (χ0v) is 10.6. The number of carbonyl (C=O) groups excluding carboxylic acids is 1. The minimum Gasteiger partial charge on any atom is -0.480 e. The third-order valence-electron chi connectivity index (χ3n) is 1.33. The molecule has 88 valence electrons. The Kier molecular flexibility index (Phi) is 5.64. The van der Waals surface area contributed by atoms with Gasteiger partial charge in [0.25, 0.3) is 0 Å². The zero-order valence-electron chi connectivity index (χ0n) is 9.04. The SMILES string of the molecule is CC(C)(C)OC(=O)NCCC(Br)C(=O)O. The lowest BCUT2D eigenvalue weighted by atomic mass is 10.2. The Bertz CT molecular complexity index is 237. The number of carboxylic acid groups (broad SMARTS) is 1. The molecule has 0 aliphatic carbocycles. The summed E-state index contributed by atoms with van der Waals surface area (Å²) in [6.45, 7) is 5.54. The lowest BCUT2D eigenvalue weighted by Gasteiger charge is -2.19. The fourth-order valence-electron chi connectivity index (χ4n) is 0.739. The molecule has 15 heavy (non-hydrogen) atoms. The van der Waals surface area contributed by atoms with Gasteiger partial charge in [-0.25, -0.2) is 4.79 Å². The summed E-state index contributed by atoms with van der Waals surface area (Å²) in [5.41, 5.74) is -0.537. The summed E-state index contributed by atoms with van der Waals surface area (Å²) < 4.78 is 4.97. The van der Waals surface area contributed by atoms with Crippen LogP contribution in [0.5, 0.6) is 0 Å². The van der Waals surface area contributed by atoms with E-state index in [4.69, 9.17) is 9.84 Å². The molecule has 0 aromatic rings. The first-order valence-corrected chi connectivity index (χ1v) is 5.47. The fraction of sp³-hybridized carbons (Fsp3) is 0.778. The zero-order chi connectivity index (χ0) is 12.1. The van der Waals surface area contributed by atoms with Crippen molar-refractivity contribution in [1.82, 2.24) is 5.32 Å². The maximum absolute atomic E-state index is 11.1. The van der Waals surface area contributed by atoms with Crippen LogP contribution >= 0.6 is 15.9 Å². The Hall–Kier alpha value is -0.780. The number of rotatable bonds is 4. The Balaban J connectivity index is 3.69. The maximum Gasteiger partial charge on any atom is 0.407 e. The fourth-order valence-corrected chi connectivity index (χ4v) is 0.968. The lowest BCUT2D eigenvalue weighted by molar-refractivity contribution is -0.136. The smallest absolute Gasteiger partial charge is 0.407 e. The summed E-state index contributed by atoms with van der Waals surface area (Å²) in [6.07, 6.45) is -0.221. The molecule has 0 rings (SSSR count). The summed E-state index contributed by atoms with van der Waals surface area (Å²) in [5, 5.41) is 11.0. The number of ether oxygens (including phenoxy) is 1. The van der Waals surface area contributed by atoms with Crippen molar-refractivity contribution in [1.29, 1.82) is 0 Å². The van der Waals surface area contributed by atoms with Crippen LogP contribution in [0.1, 0.15) is 27.2 Å². The molecular formula is C9H16BrNO4. The van der Waals surface area contributed by atoms with Crippen LogP contribution in [0.25, 0.3) is 0 Å². The van der Waals surface area contributed by atoms with Gasteiger partial charge in [-0.05, 0) is 27.2 Å².